The van der Waals surface area contributed by atoms with Crippen molar-refractivity contribution in [3.05, 3.63) is 30.1 Å². The molecule has 0 saturated heterocycles. The summed E-state index contributed by atoms with van der Waals surface area (Å²) in [7, 11) is 0. The molecule has 0 aliphatic carbocycles. The van der Waals surface area contributed by atoms with E-state index < -0.39 is 5.91 Å². The van der Waals surface area contributed by atoms with E-state index >= 15 is 0 Å². The van der Waals surface area contributed by atoms with Crippen LogP contribution in [0.5, 0.6) is 0 Å². The van der Waals surface area contributed by atoms with Crippen molar-refractivity contribution in [3.63, 3.8) is 0 Å². The molecule has 52 valence electrons. The Hall–Kier alpha value is -1.45. The summed E-state index contributed by atoms with van der Waals surface area (Å²) in [5.74, 6) is -0.770. The third-order valence-electron chi connectivity index (χ3n) is 1.01. The minimum atomic E-state index is -0.770. The quantitative estimate of drug-likeness (QED) is 0.583. The zero-order chi connectivity index (χ0) is 7.40. The van der Waals surface area contributed by atoms with Crippen molar-refractivity contribution in [2.75, 3.05) is 0 Å². The molecular weight excluding hydrogens is 135 g/mol. The second kappa shape index (κ2) is 2.91. The molecule has 0 atom stereocenters. The molecule has 0 aliphatic heterocycles. The molecular formula is C6H5FN2O. The van der Waals surface area contributed by atoms with Crippen LogP contribution >= 0.6 is 0 Å². The first-order valence-electron chi connectivity index (χ1n) is 2.65. The average molecular weight is 140 g/mol. The molecule has 0 aliphatic rings. The normalized spacial score (nSPS) is 8.90. The SMILES string of the molecule is O=C(NF)c1cccnc1. The number of hydrogen-bond acceptors (Lipinski definition) is 2. The van der Waals surface area contributed by atoms with Crippen molar-refractivity contribution in [2.45, 2.75) is 0 Å². The van der Waals surface area contributed by atoms with Gasteiger partial charge in [0.1, 0.15) is 0 Å². The number of nitrogens with zero attached hydrogens (tertiary/aromatic N) is 1. The lowest BCUT2D eigenvalue weighted by Crippen LogP contribution is -2.13. The van der Waals surface area contributed by atoms with Crippen LogP contribution in [0.2, 0.25) is 0 Å². The minimum absolute atomic E-state index is 0.213. The zero-order valence-electron chi connectivity index (χ0n) is 5.04. The van der Waals surface area contributed by atoms with Gasteiger partial charge in [0.25, 0.3) is 5.91 Å². The Bertz CT molecular complexity index is 224. The smallest absolute Gasteiger partial charge is 0.267 e. The second-order valence-electron chi connectivity index (χ2n) is 1.67. The molecule has 0 radical (unpaired) electrons. The fraction of sp³-hybridized carbons (Fsp3) is 0. The molecule has 0 spiro atoms. The summed E-state index contributed by atoms with van der Waals surface area (Å²) in [6.45, 7) is 0. The van der Waals surface area contributed by atoms with Gasteiger partial charge in [0, 0.05) is 12.4 Å². The molecule has 0 aromatic carbocycles. The fourth-order valence-electron chi connectivity index (χ4n) is 0.552. The number of carbonyl (C=O) groups is 1. The van der Waals surface area contributed by atoms with Gasteiger partial charge >= 0.3 is 0 Å². The van der Waals surface area contributed by atoms with Gasteiger partial charge in [-0.05, 0) is 12.1 Å². The summed E-state index contributed by atoms with van der Waals surface area (Å²) in [5.41, 5.74) is 1.22. The number of nitrogens with one attached hydrogen (secondary N) is 1. The molecule has 1 amide bonds. The Morgan fingerprint density at radius 3 is 3.00 bits per heavy atom. The zero-order valence-corrected chi connectivity index (χ0v) is 5.04. The maximum atomic E-state index is 11.4. The molecule has 3 nitrogen and oxygen atoms in total. The molecule has 1 N–H and O–H groups in total. The highest BCUT2D eigenvalue weighted by atomic mass is 19.2. The van der Waals surface area contributed by atoms with E-state index in [0.29, 0.717) is 0 Å². The highest BCUT2D eigenvalue weighted by Crippen LogP contribution is 1.93. The Kier molecular flexibility index (Phi) is 1.94. The number of hydrogen-bond donors (Lipinski definition) is 1. The predicted octanol–water partition coefficient (Wildman–Crippen LogP) is 0.696. The molecule has 1 aromatic rings. The molecule has 0 unspecified atom stereocenters. The lowest BCUT2D eigenvalue weighted by atomic mass is 10.3. The first kappa shape index (κ1) is 6.67. The van der Waals surface area contributed by atoms with Crippen molar-refractivity contribution in [3.8, 4) is 0 Å². The average Bonchev–Trinajstić information content (AvgIpc) is 2.05. The van der Waals surface area contributed by atoms with Crippen LogP contribution in [0.3, 0.4) is 0 Å². The molecule has 0 bridgehead atoms. The van der Waals surface area contributed by atoms with Crippen LogP contribution in [0.1, 0.15) is 10.4 Å². The Labute approximate surface area is 56.8 Å². The van der Waals surface area contributed by atoms with E-state index in [9.17, 15) is 9.28 Å². The molecule has 10 heavy (non-hydrogen) atoms. The van der Waals surface area contributed by atoms with Crippen LogP contribution in [0.25, 0.3) is 0 Å². The number of rotatable bonds is 1. The van der Waals surface area contributed by atoms with Crippen LogP contribution < -0.4 is 5.54 Å². The van der Waals surface area contributed by atoms with Crippen molar-refractivity contribution < 1.29 is 9.28 Å². The molecule has 0 fully saturated rings. The number of aromatic nitrogens is 1. The Morgan fingerprint density at radius 1 is 1.70 bits per heavy atom. The number of pyridine rings is 1. The minimum Gasteiger partial charge on any atom is -0.267 e. The highest BCUT2D eigenvalue weighted by Gasteiger charge is 2.01. The van der Waals surface area contributed by atoms with E-state index in [1.165, 1.54) is 18.5 Å². The van der Waals surface area contributed by atoms with Crippen molar-refractivity contribution in [1.29, 1.82) is 0 Å². The summed E-state index contributed by atoms with van der Waals surface area (Å²) < 4.78 is 11.4. The molecule has 1 heterocycles. The summed E-state index contributed by atoms with van der Waals surface area (Å²) in [5, 5.41) is 0. The van der Waals surface area contributed by atoms with Crippen LogP contribution in [-0.4, -0.2) is 10.9 Å². The van der Waals surface area contributed by atoms with Crippen molar-refractivity contribution in [1.82, 2.24) is 10.5 Å². The standard InChI is InChI=1S/C6H5FN2O/c7-9-6(10)5-2-1-3-8-4-5/h1-4H,(H,9,10). The van der Waals surface area contributed by atoms with Gasteiger partial charge in [0.05, 0.1) is 5.56 Å². The summed E-state index contributed by atoms with van der Waals surface area (Å²) in [4.78, 5) is 14.1. The van der Waals surface area contributed by atoms with E-state index in [1.54, 1.807) is 6.07 Å². The van der Waals surface area contributed by atoms with Crippen LogP contribution in [-0.2, 0) is 0 Å². The first-order valence-corrected chi connectivity index (χ1v) is 2.65. The van der Waals surface area contributed by atoms with Gasteiger partial charge in [0.15, 0.2) is 0 Å². The van der Waals surface area contributed by atoms with Gasteiger partial charge in [-0.25, -0.2) is 0 Å². The van der Waals surface area contributed by atoms with Crippen LogP contribution in [0.4, 0.5) is 4.48 Å². The van der Waals surface area contributed by atoms with Crippen molar-refractivity contribution >= 4 is 5.91 Å². The molecule has 1 aromatic heterocycles. The summed E-state index contributed by atoms with van der Waals surface area (Å²) >= 11 is 0. The largest absolute Gasteiger partial charge is 0.280 e. The van der Waals surface area contributed by atoms with E-state index in [-0.39, 0.29) is 5.56 Å². The molecule has 1 rings (SSSR count). The third kappa shape index (κ3) is 1.28. The monoisotopic (exact) mass is 140 g/mol. The summed E-state index contributed by atoms with van der Waals surface area (Å²) in [6.07, 6.45) is 2.80. The van der Waals surface area contributed by atoms with E-state index in [2.05, 4.69) is 4.98 Å². The topological polar surface area (TPSA) is 42.0 Å². The highest BCUT2D eigenvalue weighted by molar-refractivity contribution is 5.92. The predicted molar refractivity (Wildman–Crippen MR) is 32.8 cm³/mol. The van der Waals surface area contributed by atoms with Gasteiger partial charge in [-0.2, -0.15) is 5.54 Å². The maximum Gasteiger partial charge on any atom is 0.280 e. The number of carbonyl (C=O) groups excluding carboxylic acids is 1. The number of halogens is 1. The van der Waals surface area contributed by atoms with E-state index in [4.69, 9.17) is 0 Å². The Balaban J connectivity index is 2.85. The second-order valence-corrected chi connectivity index (χ2v) is 1.67. The van der Waals surface area contributed by atoms with Gasteiger partial charge in [0.2, 0.25) is 0 Å². The molecule has 4 heteroatoms. The maximum absolute atomic E-state index is 11.4. The van der Waals surface area contributed by atoms with Gasteiger partial charge in [-0.3, -0.25) is 9.78 Å². The molecule has 0 saturated carbocycles. The fourth-order valence-corrected chi connectivity index (χ4v) is 0.552. The van der Waals surface area contributed by atoms with Gasteiger partial charge < -0.3 is 0 Å². The van der Waals surface area contributed by atoms with Crippen molar-refractivity contribution in [2.24, 2.45) is 0 Å². The Morgan fingerprint density at radius 2 is 2.50 bits per heavy atom. The third-order valence-corrected chi connectivity index (χ3v) is 1.01. The van der Waals surface area contributed by atoms with Gasteiger partial charge in [-0.15, -0.1) is 0 Å². The van der Waals surface area contributed by atoms with Gasteiger partial charge in [-0.1, -0.05) is 4.48 Å². The van der Waals surface area contributed by atoms with Crippen LogP contribution in [0, 0.1) is 0 Å². The summed E-state index contributed by atoms with van der Waals surface area (Å²) in [6, 6.07) is 3.03. The van der Waals surface area contributed by atoms with Crippen LogP contribution in [0.15, 0.2) is 24.5 Å². The lowest BCUT2D eigenvalue weighted by Gasteiger charge is -1.92. The van der Waals surface area contributed by atoms with E-state index in [1.807, 2.05) is 0 Å². The lowest BCUT2D eigenvalue weighted by molar-refractivity contribution is 0.0859. The number of amides is 1. The first-order chi connectivity index (χ1) is 4.84. The van der Waals surface area contributed by atoms with E-state index in [0.717, 1.165) is 5.54 Å².